The zero-order chi connectivity index (χ0) is 23.1. The van der Waals surface area contributed by atoms with Gasteiger partial charge in [-0.2, -0.15) is 0 Å². The van der Waals surface area contributed by atoms with E-state index in [0.717, 1.165) is 22.5 Å². The number of rotatable bonds is 8. The van der Waals surface area contributed by atoms with Crippen LogP contribution in [-0.2, 0) is 0 Å². The van der Waals surface area contributed by atoms with Gasteiger partial charge in [-0.05, 0) is 48.5 Å². The second kappa shape index (κ2) is 10.1. The maximum atomic E-state index is 5.72. The normalized spacial score (nSPS) is 9.81. The SMILES string of the molecule is C#Cc1ccc(Nc2c(OC)c(OC)c(Nc3ccc(C#C)cc3)c(OC)c2OC)cc1. The summed E-state index contributed by atoms with van der Waals surface area (Å²) in [6, 6.07) is 14.8. The van der Waals surface area contributed by atoms with Crippen LogP contribution in [0.3, 0.4) is 0 Å². The van der Waals surface area contributed by atoms with Crippen molar-refractivity contribution in [1.82, 2.24) is 0 Å². The van der Waals surface area contributed by atoms with Crippen molar-refractivity contribution in [3.63, 3.8) is 0 Å². The molecular formula is C26H24N2O4. The van der Waals surface area contributed by atoms with Crippen LogP contribution in [-0.4, -0.2) is 28.4 Å². The number of hydrogen-bond donors (Lipinski definition) is 2. The Morgan fingerprint density at radius 3 is 1.03 bits per heavy atom. The van der Waals surface area contributed by atoms with Gasteiger partial charge < -0.3 is 29.6 Å². The lowest BCUT2D eigenvalue weighted by Gasteiger charge is -2.24. The highest BCUT2D eigenvalue weighted by atomic mass is 16.5. The minimum absolute atomic E-state index is 0.439. The van der Waals surface area contributed by atoms with Crippen molar-refractivity contribution in [3.8, 4) is 47.7 Å². The van der Waals surface area contributed by atoms with Gasteiger partial charge in [-0.25, -0.2) is 0 Å². The van der Waals surface area contributed by atoms with Crippen LogP contribution in [0.2, 0.25) is 0 Å². The van der Waals surface area contributed by atoms with Crippen LogP contribution in [0.4, 0.5) is 22.7 Å². The first kappa shape index (κ1) is 22.3. The van der Waals surface area contributed by atoms with Gasteiger partial charge >= 0.3 is 0 Å². The quantitative estimate of drug-likeness (QED) is 0.483. The molecule has 0 radical (unpaired) electrons. The largest absolute Gasteiger partial charge is 0.491 e. The molecule has 3 rings (SSSR count). The van der Waals surface area contributed by atoms with Gasteiger partial charge in [-0.3, -0.25) is 0 Å². The van der Waals surface area contributed by atoms with Gasteiger partial charge in [0.25, 0.3) is 0 Å². The van der Waals surface area contributed by atoms with Crippen molar-refractivity contribution < 1.29 is 18.9 Å². The number of ether oxygens (including phenoxy) is 4. The van der Waals surface area contributed by atoms with Crippen LogP contribution in [0.1, 0.15) is 11.1 Å². The monoisotopic (exact) mass is 428 g/mol. The Kier molecular flexibility index (Phi) is 7.00. The fourth-order valence-electron chi connectivity index (χ4n) is 3.25. The standard InChI is InChI=1S/C26H24N2O4/c1-7-17-9-13-19(14-10-17)27-21-23(29-3)25(31-5)22(26(32-6)24(21)30-4)28-20-15-11-18(8-2)12-16-20/h1-2,9-16,27-28H,3-6H3. The smallest absolute Gasteiger partial charge is 0.190 e. The third kappa shape index (κ3) is 4.35. The predicted octanol–water partition coefficient (Wildman–Crippen LogP) is 5.17. The van der Waals surface area contributed by atoms with E-state index in [1.54, 1.807) is 28.4 Å². The highest BCUT2D eigenvalue weighted by molar-refractivity contribution is 5.90. The molecule has 0 aliphatic heterocycles. The van der Waals surface area contributed by atoms with E-state index in [-0.39, 0.29) is 0 Å². The van der Waals surface area contributed by atoms with E-state index in [1.165, 1.54) is 0 Å². The van der Waals surface area contributed by atoms with Crippen LogP contribution < -0.4 is 29.6 Å². The molecule has 0 spiro atoms. The molecule has 0 amide bonds. The molecule has 0 aliphatic rings. The number of nitrogens with one attached hydrogen (secondary N) is 2. The van der Waals surface area contributed by atoms with Crippen LogP contribution in [0.15, 0.2) is 48.5 Å². The number of methoxy groups -OCH3 is 4. The summed E-state index contributed by atoms with van der Waals surface area (Å²) in [5.74, 6) is 6.96. The number of hydrogen-bond acceptors (Lipinski definition) is 6. The van der Waals surface area contributed by atoms with E-state index < -0.39 is 0 Å². The molecule has 0 aromatic heterocycles. The first-order valence-corrected chi connectivity index (χ1v) is 9.67. The van der Waals surface area contributed by atoms with Crippen LogP contribution >= 0.6 is 0 Å². The first-order valence-electron chi connectivity index (χ1n) is 9.67. The van der Waals surface area contributed by atoms with Crippen LogP contribution in [0.5, 0.6) is 23.0 Å². The van der Waals surface area contributed by atoms with Gasteiger partial charge in [-0.15, -0.1) is 12.8 Å². The van der Waals surface area contributed by atoms with Crippen molar-refractivity contribution in [2.75, 3.05) is 39.1 Å². The Balaban J connectivity index is 2.15. The Morgan fingerprint density at radius 1 is 0.531 bits per heavy atom. The van der Waals surface area contributed by atoms with Crippen molar-refractivity contribution in [3.05, 3.63) is 59.7 Å². The minimum Gasteiger partial charge on any atom is -0.491 e. The van der Waals surface area contributed by atoms with E-state index in [4.69, 9.17) is 31.8 Å². The van der Waals surface area contributed by atoms with Gasteiger partial charge in [-0.1, -0.05) is 11.8 Å². The van der Waals surface area contributed by atoms with Crippen LogP contribution in [0.25, 0.3) is 0 Å². The summed E-state index contributed by atoms with van der Waals surface area (Å²) in [7, 11) is 6.23. The van der Waals surface area contributed by atoms with E-state index in [1.807, 2.05) is 48.5 Å². The molecule has 0 heterocycles. The van der Waals surface area contributed by atoms with Crippen molar-refractivity contribution in [1.29, 1.82) is 0 Å². The van der Waals surface area contributed by atoms with E-state index in [0.29, 0.717) is 34.4 Å². The van der Waals surface area contributed by atoms with E-state index in [9.17, 15) is 0 Å². The van der Waals surface area contributed by atoms with Crippen LogP contribution in [0, 0.1) is 24.7 Å². The Morgan fingerprint density at radius 2 is 0.812 bits per heavy atom. The molecule has 0 bridgehead atoms. The summed E-state index contributed by atoms with van der Waals surface area (Å²) >= 11 is 0. The summed E-state index contributed by atoms with van der Waals surface area (Å²) in [5, 5.41) is 6.64. The summed E-state index contributed by atoms with van der Waals surface area (Å²) in [6.07, 6.45) is 10.9. The molecule has 162 valence electrons. The summed E-state index contributed by atoms with van der Waals surface area (Å²) in [4.78, 5) is 0. The lowest BCUT2D eigenvalue weighted by atomic mass is 10.1. The molecule has 6 nitrogen and oxygen atoms in total. The molecular weight excluding hydrogens is 404 g/mol. The molecule has 0 unspecified atom stereocenters. The fourth-order valence-corrected chi connectivity index (χ4v) is 3.25. The van der Waals surface area contributed by atoms with Crippen molar-refractivity contribution >= 4 is 22.7 Å². The van der Waals surface area contributed by atoms with Gasteiger partial charge in [0.2, 0.25) is 0 Å². The van der Waals surface area contributed by atoms with E-state index >= 15 is 0 Å². The molecule has 2 N–H and O–H groups in total. The molecule has 6 heteroatoms. The molecule has 0 atom stereocenters. The predicted molar refractivity (Wildman–Crippen MR) is 128 cm³/mol. The average Bonchev–Trinajstić information content (AvgIpc) is 2.84. The number of benzene rings is 3. The highest BCUT2D eigenvalue weighted by Gasteiger charge is 2.28. The molecule has 0 saturated carbocycles. The molecule has 3 aromatic rings. The van der Waals surface area contributed by atoms with Crippen molar-refractivity contribution in [2.45, 2.75) is 0 Å². The van der Waals surface area contributed by atoms with Gasteiger partial charge in [0.15, 0.2) is 23.0 Å². The second-order valence-electron chi connectivity index (χ2n) is 6.58. The Labute approximate surface area is 188 Å². The van der Waals surface area contributed by atoms with E-state index in [2.05, 4.69) is 22.5 Å². The maximum Gasteiger partial charge on any atom is 0.190 e. The molecule has 0 fully saturated rings. The van der Waals surface area contributed by atoms with Gasteiger partial charge in [0.1, 0.15) is 11.4 Å². The average molecular weight is 428 g/mol. The third-order valence-electron chi connectivity index (χ3n) is 4.78. The maximum absolute atomic E-state index is 5.72. The molecule has 0 saturated heterocycles. The lowest BCUT2D eigenvalue weighted by molar-refractivity contribution is 0.334. The Hall–Kier alpha value is -4.42. The summed E-state index contributed by atoms with van der Waals surface area (Å²) in [6.45, 7) is 0. The summed E-state index contributed by atoms with van der Waals surface area (Å²) in [5.41, 5.74) is 4.22. The number of anilines is 4. The van der Waals surface area contributed by atoms with Gasteiger partial charge in [0.05, 0.1) is 28.4 Å². The molecule has 3 aromatic carbocycles. The zero-order valence-corrected chi connectivity index (χ0v) is 18.4. The van der Waals surface area contributed by atoms with Crippen molar-refractivity contribution in [2.24, 2.45) is 0 Å². The molecule has 32 heavy (non-hydrogen) atoms. The minimum atomic E-state index is 0.439. The topological polar surface area (TPSA) is 61.0 Å². The zero-order valence-electron chi connectivity index (χ0n) is 18.4. The second-order valence-corrected chi connectivity index (χ2v) is 6.58. The molecule has 0 aliphatic carbocycles. The van der Waals surface area contributed by atoms with Gasteiger partial charge in [0, 0.05) is 22.5 Å². The lowest BCUT2D eigenvalue weighted by Crippen LogP contribution is -2.06. The highest BCUT2D eigenvalue weighted by Crippen LogP contribution is 2.56. The first-order chi connectivity index (χ1) is 15.6. The number of terminal acetylenes is 2. The fraction of sp³-hybridized carbons (Fsp3) is 0.154. The Bertz CT molecular complexity index is 1040. The third-order valence-corrected chi connectivity index (χ3v) is 4.78. The summed E-state index contributed by atoms with van der Waals surface area (Å²) < 4.78 is 22.9.